The van der Waals surface area contributed by atoms with Crippen molar-refractivity contribution in [3.8, 4) is 0 Å². The number of aliphatic hydroxyl groups is 1. The minimum Gasteiger partial charge on any atom is -0.509 e. The summed E-state index contributed by atoms with van der Waals surface area (Å²) in [5.74, 6) is -0.156. The normalized spacial score (nSPS) is 19.4. The van der Waals surface area contributed by atoms with Crippen LogP contribution in [-0.4, -0.2) is 21.5 Å². The van der Waals surface area contributed by atoms with E-state index in [1.54, 1.807) is 6.20 Å². The van der Waals surface area contributed by atoms with Crippen LogP contribution in [0.4, 0.5) is 0 Å². The number of amides is 1. The lowest BCUT2D eigenvalue weighted by Gasteiger charge is -2.33. The molecule has 2 N–H and O–H groups in total. The maximum atomic E-state index is 12.4. The highest BCUT2D eigenvalue weighted by Crippen LogP contribution is 2.42. The van der Waals surface area contributed by atoms with Gasteiger partial charge in [0.25, 0.3) is 5.91 Å². The number of nitrogens with zero attached hydrogens (tertiary/aromatic N) is 1. The zero-order valence-electron chi connectivity index (χ0n) is 14.3. The minimum atomic E-state index is -0.603. The van der Waals surface area contributed by atoms with Crippen LogP contribution in [0.2, 0.25) is 5.02 Å². The zero-order valence-corrected chi connectivity index (χ0v) is 15.0. The number of hydrogen-bond donors (Lipinski definition) is 2. The second-order valence-electron chi connectivity index (χ2n) is 6.05. The molecule has 0 saturated heterocycles. The summed E-state index contributed by atoms with van der Waals surface area (Å²) in [4.78, 5) is 16.7. The number of aromatic nitrogens is 1. The summed E-state index contributed by atoms with van der Waals surface area (Å²) in [6, 6.07) is 0. The molecule has 0 radical (unpaired) electrons. The highest BCUT2D eigenvalue weighted by molar-refractivity contribution is 6.36. The smallest absolute Gasteiger partial charge is 0.257 e. The predicted molar refractivity (Wildman–Crippen MR) is 93.6 cm³/mol. The second kappa shape index (κ2) is 6.91. The van der Waals surface area contributed by atoms with Gasteiger partial charge in [-0.3, -0.25) is 9.78 Å². The van der Waals surface area contributed by atoms with Crippen LogP contribution in [0.5, 0.6) is 0 Å². The maximum absolute atomic E-state index is 12.4. The Morgan fingerprint density at radius 3 is 2.43 bits per heavy atom. The number of carbonyl (C=O) groups excluding carboxylic acids is 1. The maximum Gasteiger partial charge on any atom is 0.257 e. The Morgan fingerprint density at radius 1 is 1.22 bits per heavy atom. The molecule has 4 nitrogen and oxygen atoms in total. The fourth-order valence-electron chi connectivity index (χ4n) is 3.26. The van der Waals surface area contributed by atoms with Crippen LogP contribution in [0.25, 0.3) is 5.57 Å². The molecule has 126 valence electrons. The highest BCUT2D eigenvalue weighted by atomic mass is 35.5. The molecular formula is C18H25ClN2O2. The molecule has 0 bridgehead atoms. The topological polar surface area (TPSA) is 62.2 Å². The Balaban J connectivity index is 0.000000924. The van der Waals surface area contributed by atoms with Gasteiger partial charge in [-0.15, -0.1) is 0 Å². The van der Waals surface area contributed by atoms with Gasteiger partial charge in [-0.05, 0) is 37.8 Å². The third-order valence-corrected chi connectivity index (χ3v) is 5.19. The number of pyridine rings is 1. The van der Waals surface area contributed by atoms with Crippen molar-refractivity contribution in [3.63, 3.8) is 0 Å². The van der Waals surface area contributed by atoms with Gasteiger partial charge in [0.05, 0.1) is 16.3 Å². The molecule has 1 fully saturated rings. The Hall–Kier alpha value is -1.55. The molecule has 1 aliphatic carbocycles. The SMILES string of the molecule is CC.Cc1cnc(C2=C(O)C3(CCCCC3)NC2=O)c(Cl)c1C. The fourth-order valence-corrected chi connectivity index (χ4v) is 3.55. The Morgan fingerprint density at radius 2 is 1.83 bits per heavy atom. The summed E-state index contributed by atoms with van der Waals surface area (Å²) in [7, 11) is 0. The summed E-state index contributed by atoms with van der Waals surface area (Å²) in [5.41, 5.74) is 1.88. The van der Waals surface area contributed by atoms with Gasteiger partial charge in [0, 0.05) is 6.20 Å². The van der Waals surface area contributed by atoms with E-state index in [9.17, 15) is 9.90 Å². The molecule has 1 amide bonds. The number of halogens is 1. The first-order chi connectivity index (χ1) is 11.0. The summed E-state index contributed by atoms with van der Waals surface area (Å²) < 4.78 is 0. The Bertz CT molecular complexity index is 647. The monoisotopic (exact) mass is 336 g/mol. The molecule has 2 aliphatic rings. The molecule has 1 aromatic rings. The molecule has 1 aromatic heterocycles. The molecule has 2 heterocycles. The van der Waals surface area contributed by atoms with E-state index >= 15 is 0 Å². The van der Waals surface area contributed by atoms with E-state index in [1.807, 2.05) is 27.7 Å². The van der Waals surface area contributed by atoms with E-state index in [-0.39, 0.29) is 17.2 Å². The third kappa shape index (κ3) is 2.97. The molecule has 3 rings (SSSR count). The van der Waals surface area contributed by atoms with Crippen molar-refractivity contribution in [2.75, 3.05) is 0 Å². The molecule has 1 saturated carbocycles. The first-order valence-corrected chi connectivity index (χ1v) is 8.72. The molecule has 1 aliphatic heterocycles. The van der Waals surface area contributed by atoms with Gasteiger partial charge >= 0.3 is 0 Å². The van der Waals surface area contributed by atoms with Gasteiger partial charge in [0.2, 0.25) is 0 Å². The van der Waals surface area contributed by atoms with E-state index in [1.165, 1.54) is 0 Å². The Labute approximate surface area is 143 Å². The van der Waals surface area contributed by atoms with Crippen LogP contribution < -0.4 is 5.32 Å². The van der Waals surface area contributed by atoms with Crippen molar-refractivity contribution in [3.05, 3.63) is 33.8 Å². The standard InChI is InChI=1S/C16H19ClN2O2.C2H6/c1-9-8-18-13(12(17)10(9)2)11-14(20)16(19-15(11)21)6-4-3-5-7-16;1-2/h8,20H,3-7H2,1-2H3,(H,19,21);1-2H3. The van der Waals surface area contributed by atoms with Crippen LogP contribution in [0.3, 0.4) is 0 Å². The minimum absolute atomic E-state index is 0.116. The zero-order chi connectivity index (χ0) is 17.2. The van der Waals surface area contributed by atoms with Gasteiger partial charge in [-0.2, -0.15) is 0 Å². The highest BCUT2D eigenvalue weighted by Gasteiger charge is 2.47. The van der Waals surface area contributed by atoms with Crippen molar-refractivity contribution >= 4 is 23.1 Å². The van der Waals surface area contributed by atoms with Crippen LogP contribution in [0, 0.1) is 13.8 Å². The summed E-state index contributed by atoms with van der Waals surface area (Å²) in [5, 5.41) is 14.1. The van der Waals surface area contributed by atoms with E-state index in [4.69, 9.17) is 11.6 Å². The van der Waals surface area contributed by atoms with Crippen molar-refractivity contribution in [2.45, 2.75) is 65.3 Å². The van der Waals surface area contributed by atoms with Gasteiger partial charge in [0.15, 0.2) is 0 Å². The Kier molecular flexibility index (Phi) is 5.35. The number of nitrogens with one attached hydrogen (secondary N) is 1. The van der Waals surface area contributed by atoms with Crippen molar-refractivity contribution in [1.29, 1.82) is 0 Å². The van der Waals surface area contributed by atoms with Gasteiger partial charge in [-0.25, -0.2) is 0 Å². The first kappa shape index (κ1) is 17.8. The quantitative estimate of drug-likeness (QED) is 0.794. The number of carbonyl (C=O) groups is 1. The van der Waals surface area contributed by atoms with Crippen LogP contribution in [0.15, 0.2) is 12.0 Å². The van der Waals surface area contributed by atoms with Crippen LogP contribution in [-0.2, 0) is 4.79 Å². The summed E-state index contributed by atoms with van der Waals surface area (Å²) in [6.07, 6.45) is 6.39. The molecule has 0 atom stereocenters. The van der Waals surface area contributed by atoms with Crippen LogP contribution in [0.1, 0.15) is 62.8 Å². The molecule has 0 unspecified atom stereocenters. The second-order valence-corrected chi connectivity index (χ2v) is 6.43. The number of hydrogen-bond acceptors (Lipinski definition) is 3. The molecule has 0 aromatic carbocycles. The van der Waals surface area contributed by atoms with E-state index in [0.29, 0.717) is 10.7 Å². The van der Waals surface area contributed by atoms with E-state index in [0.717, 1.165) is 43.2 Å². The molecule has 1 spiro atoms. The van der Waals surface area contributed by atoms with Gasteiger partial charge in [0.1, 0.15) is 11.3 Å². The lowest BCUT2D eigenvalue weighted by Crippen LogP contribution is -2.46. The van der Waals surface area contributed by atoms with E-state index in [2.05, 4.69) is 10.3 Å². The summed E-state index contributed by atoms with van der Waals surface area (Å²) >= 11 is 6.35. The van der Waals surface area contributed by atoms with Crippen molar-refractivity contribution < 1.29 is 9.90 Å². The van der Waals surface area contributed by atoms with Gasteiger partial charge in [-0.1, -0.05) is 44.7 Å². The third-order valence-electron chi connectivity index (χ3n) is 4.73. The van der Waals surface area contributed by atoms with Crippen LogP contribution >= 0.6 is 11.6 Å². The number of aliphatic hydroxyl groups excluding tert-OH is 1. The fraction of sp³-hybridized carbons (Fsp3) is 0.556. The molecule has 5 heteroatoms. The lowest BCUT2D eigenvalue weighted by molar-refractivity contribution is -0.116. The van der Waals surface area contributed by atoms with Crippen molar-refractivity contribution in [1.82, 2.24) is 10.3 Å². The van der Waals surface area contributed by atoms with Crippen molar-refractivity contribution in [2.24, 2.45) is 0 Å². The summed E-state index contributed by atoms with van der Waals surface area (Å²) in [6.45, 7) is 7.81. The average Bonchev–Trinajstić information content (AvgIpc) is 2.79. The number of aryl methyl sites for hydroxylation is 1. The van der Waals surface area contributed by atoms with Gasteiger partial charge < -0.3 is 10.4 Å². The predicted octanol–water partition coefficient (Wildman–Crippen LogP) is 4.48. The molecule has 23 heavy (non-hydrogen) atoms. The average molecular weight is 337 g/mol. The van der Waals surface area contributed by atoms with E-state index < -0.39 is 5.54 Å². The molecular weight excluding hydrogens is 312 g/mol. The number of rotatable bonds is 1. The largest absolute Gasteiger partial charge is 0.509 e. The lowest BCUT2D eigenvalue weighted by atomic mass is 9.81. The first-order valence-electron chi connectivity index (χ1n) is 8.34.